The van der Waals surface area contributed by atoms with Crippen molar-refractivity contribution in [1.82, 2.24) is 15.2 Å². The van der Waals surface area contributed by atoms with Crippen LogP contribution in [0.25, 0.3) is 0 Å². The summed E-state index contributed by atoms with van der Waals surface area (Å²) in [6.45, 7) is 6.89. The number of nitrogens with one attached hydrogen (secondary N) is 1. The van der Waals surface area contributed by atoms with E-state index in [9.17, 15) is 14.7 Å². The first kappa shape index (κ1) is 24.6. The lowest BCUT2D eigenvalue weighted by Crippen LogP contribution is -2.52. The number of carbonyl (C=O) groups excluding carboxylic acids is 2. The van der Waals surface area contributed by atoms with Crippen molar-refractivity contribution in [3.63, 3.8) is 0 Å². The summed E-state index contributed by atoms with van der Waals surface area (Å²) in [6.07, 6.45) is 4.22. The van der Waals surface area contributed by atoms with Crippen LogP contribution in [0.5, 0.6) is 11.5 Å². The molecule has 33 heavy (non-hydrogen) atoms. The summed E-state index contributed by atoms with van der Waals surface area (Å²) in [5.74, 6) is -0.472. The highest BCUT2D eigenvalue weighted by Gasteiger charge is 2.47. The summed E-state index contributed by atoms with van der Waals surface area (Å²) >= 11 is 0. The third-order valence-corrected chi connectivity index (χ3v) is 6.46. The van der Waals surface area contributed by atoms with Gasteiger partial charge in [0.25, 0.3) is 5.91 Å². The van der Waals surface area contributed by atoms with Gasteiger partial charge in [0.1, 0.15) is 0 Å². The Morgan fingerprint density at radius 3 is 2.55 bits per heavy atom. The van der Waals surface area contributed by atoms with Gasteiger partial charge in [-0.15, -0.1) is 0 Å². The zero-order chi connectivity index (χ0) is 24.2. The van der Waals surface area contributed by atoms with E-state index < -0.39 is 11.3 Å². The second-order valence-corrected chi connectivity index (χ2v) is 10.2. The number of aromatic nitrogens is 1. The summed E-state index contributed by atoms with van der Waals surface area (Å²) in [5, 5.41) is 13.3. The van der Waals surface area contributed by atoms with E-state index in [1.54, 1.807) is 0 Å². The molecular formula is C26H35N3O4. The molecule has 1 fully saturated rings. The topological polar surface area (TPSA) is 91.8 Å². The Bertz CT molecular complexity index is 992. The van der Waals surface area contributed by atoms with Crippen molar-refractivity contribution in [2.24, 2.45) is 10.8 Å². The number of hydrogen-bond acceptors (Lipinski definition) is 5. The number of methoxy groups -OCH3 is 1. The van der Waals surface area contributed by atoms with E-state index in [1.807, 2.05) is 37.1 Å². The third-order valence-electron chi connectivity index (χ3n) is 6.46. The van der Waals surface area contributed by atoms with Gasteiger partial charge in [-0.05, 0) is 36.7 Å². The number of carbonyl (C=O) groups is 2. The first-order chi connectivity index (χ1) is 15.5. The highest BCUT2D eigenvalue weighted by molar-refractivity contribution is 5.95. The summed E-state index contributed by atoms with van der Waals surface area (Å²) in [7, 11) is 3.27. The Balaban J connectivity index is 1.71. The van der Waals surface area contributed by atoms with Crippen molar-refractivity contribution < 1.29 is 19.4 Å². The van der Waals surface area contributed by atoms with E-state index in [0.717, 1.165) is 19.3 Å². The molecule has 2 aromatic rings. The van der Waals surface area contributed by atoms with E-state index in [-0.39, 0.29) is 34.6 Å². The fourth-order valence-electron chi connectivity index (χ4n) is 5.27. The molecule has 0 bridgehead atoms. The number of ether oxygens (including phenoxy) is 1. The molecule has 178 valence electrons. The number of amides is 2. The molecule has 1 unspecified atom stereocenters. The van der Waals surface area contributed by atoms with Gasteiger partial charge in [0.15, 0.2) is 17.2 Å². The average Bonchev–Trinajstić information content (AvgIpc) is 2.76. The zero-order valence-corrected chi connectivity index (χ0v) is 20.2. The molecule has 2 atom stereocenters. The van der Waals surface area contributed by atoms with Crippen LogP contribution in [0.4, 0.5) is 0 Å². The van der Waals surface area contributed by atoms with Crippen LogP contribution in [0.15, 0.2) is 42.6 Å². The van der Waals surface area contributed by atoms with Crippen LogP contribution in [0.3, 0.4) is 0 Å². The summed E-state index contributed by atoms with van der Waals surface area (Å²) < 4.78 is 5.08. The minimum absolute atomic E-state index is 0.0780. The molecule has 1 aliphatic rings. The van der Waals surface area contributed by atoms with Crippen molar-refractivity contribution in [3.05, 3.63) is 53.9 Å². The summed E-state index contributed by atoms with van der Waals surface area (Å²) in [5.41, 5.74) is 0.382. The van der Waals surface area contributed by atoms with Gasteiger partial charge in [0.2, 0.25) is 5.91 Å². The smallest absolute Gasteiger partial charge is 0.274 e. The van der Waals surface area contributed by atoms with Crippen LogP contribution >= 0.6 is 0 Å². The first-order valence-corrected chi connectivity index (χ1v) is 11.4. The van der Waals surface area contributed by atoms with Gasteiger partial charge in [-0.3, -0.25) is 9.59 Å². The molecule has 7 heteroatoms. The summed E-state index contributed by atoms with van der Waals surface area (Å²) in [6, 6.07) is 11.4. The van der Waals surface area contributed by atoms with Crippen molar-refractivity contribution in [2.45, 2.75) is 52.5 Å². The molecule has 1 saturated carbocycles. The maximum atomic E-state index is 13.5. The molecule has 1 heterocycles. The van der Waals surface area contributed by atoms with Crippen LogP contribution in [-0.2, 0) is 11.2 Å². The molecule has 1 aromatic heterocycles. The predicted molar refractivity (Wildman–Crippen MR) is 127 cm³/mol. The first-order valence-electron chi connectivity index (χ1n) is 11.4. The Hall–Kier alpha value is -3.09. The monoisotopic (exact) mass is 453 g/mol. The van der Waals surface area contributed by atoms with Crippen LogP contribution in [0.2, 0.25) is 0 Å². The second kappa shape index (κ2) is 9.81. The average molecular weight is 454 g/mol. The van der Waals surface area contributed by atoms with Crippen molar-refractivity contribution in [3.8, 4) is 11.5 Å². The molecule has 2 amide bonds. The minimum Gasteiger partial charge on any atom is -0.503 e. The quantitative estimate of drug-likeness (QED) is 0.665. The van der Waals surface area contributed by atoms with Gasteiger partial charge in [-0.2, -0.15) is 0 Å². The van der Waals surface area contributed by atoms with Crippen LogP contribution in [0, 0.1) is 10.8 Å². The van der Waals surface area contributed by atoms with Crippen molar-refractivity contribution in [2.75, 3.05) is 20.7 Å². The van der Waals surface area contributed by atoms with Crippen molar-refractivity contribution in [1.29, 1.82) is 0 Å². The molecule has 0 aliphatic heterocycles. The van der Waals surface area contributed by atoms with E-state index in [2.05, 4.69) is 36.3 Å². The molecular weight excluding hydrogens is 418 g/mol. The van der Waals surface area contributed by atoms with E-state index >= 15 is 0 Å². The van der Waals surface area contributed by atoms with Gasteiger partial charge in [-0.1, -0.05) is 51.1 Å². The maximum absolute atomic E-state index is 13.5. The molecule has 2 N–H and O–H groups in total. The largest absolute Gasteiger partial charge is 0.503 e. The number of likely N-dealkylation sites (N-methyl/N-ethyl adjacent to an activating group) is 1. The predicted octanol–water partition coefficient (Wildman–Crippen LogP) is 3.81. The van der Waals surface area contributed by atoms with Gasteiger partial charge in [0.05, 0.1) is 7.11 Å². The van der Waals surface area contributed by atoms with Crippen LogP contribution in [0.1, 0.15) is 56.1 Å². The minimum atomic E-state index is -0.602. The normalized spacial score (nSPS) is 21.8. The van der Waals surface area contributed by atoms with E-state index in [4.69, 9.17) is 4.74 Å². The Morgan fingerprint density at radius 1 is 1.18 bits per heavy atom. The number of pyridine rings is 1. The third kappa shape index (κ3) is 5.83. The molecule has 0 saturated heterocycles. The van der Waals surface area contributed by atoms with E-state index in [0.29, 0.717) is 13.0 Å². The fourth-order valence-corrected chi connectivity index (χ4v) is 5.27. The van der Waals surface area contributed by atoms with Gasteiger partial charge in [0, 0.05) is 37.3 Å². The molecule has 1 aliphatic carbocycles. The van der Waals surface area contributed by atoms with Crippen LogP contribution < -0.4 is 10.1 Å². The number of benzene rings is 1. The molecule has 7 nitrogen and oxygen atoms in total. The highest BCUT2D eigenvalue weighted by atomic mass is 16.5. The lowest BCUT2D eigenvalue weighted by atomic mass is 9.62. The Morgan fingerprint density at radius 2 is 1.88 bits per heavy atom. The van der Waals surface area contributed by atoms with Gasteiger partial charge < -0.3 is 20.1 Å². The molecule has 0 spiro atoms. The van der Waals surface area contributed by atoms with Crippen molar-refractivity contribution >= 4 is 11.8 Å². The zero-order valence-electron chi connectivity index (χ0n) is 20.2. The number of aromatic hydroxyl groups is 1. The number of hydrogen-bond donors (Lipinski definition) is 2. The molecule has 3 rings (SSSR count). The Labute approximate surface area is 196 Å². The lowest BCUT2D eigenvalue weighted by molar-refractivity contribution is -0.144. The Kier molecular flexibility index (Phi) is 7.30. The second-order valence-electron chi connectivity index (χ2n) is 10.2. The van der Waals surface area contributed by atoms with E-state index in [1.165, 1.54) is 24.9 Å². The molecule has 1 aromatic carbocycles. The fraction of sp³-hybridized carbons (Fsp3) is 0.500. The number of rotatable bonds is 7. The van der Waals surface area contributed by atoms with Crippen LogP contribution in [-0.4, -0.2) is 53.5 Å². The maximum Gasteiger partial charge on any atom is 0.274 e. The highest BCUT2D eigenvalue weighted by Crippen LogP contribution is 2.47. The SMILES string of the molecule is COc1ccnc(C(=O)NC2CC(C)(C)C[C@@](C)(C(=O)N(C)CCc3ccccc3)C2)c1O. The molecule has 0 radical (unpaired) electrons. The van der Waals surface area contributed by atoms with Gasteiger partial charge >= 0.3 is 0 Å². The van der Waals surface area contributed by atoms with Gasteiger partial charge in [-0.25, -0.2) is 4.98 Å². The lowest BCUT2D eigenvalue weighted by Gasteiger charge is -2.47. The number of nitrogens with zero attached hydrogens (tertiary/aromatic N) is 2. The standard InChI is InChI=1S/C26H35N3O4/c1-25(2)15-19(28-23(31)21-22(30)20(33-5)11-13-27-21)16-26(3,17-25)24(32)29(4)14-12-18-9-7-6-8-10-18/h6-11,13,19,30H,12,14-17H2,1-5H3,(H,28,31)/t19?,26-/m0/s1. The summed E-state index contributed by atoms with van der Waals surface area (Å²) in [4.78, 5) is 32.2.